The Morgan fingerprint density at radius 3 is 2.27 bits per heavy atom. The zero-order valence-corrected chi connectivity index (χ0v) is 28.0. The molecule has 2 atom stereocenters. The van der Waals surface area contributed by atoms with Crippen molar-refractivity contribution in [3.05, 3.63) is 35.9 Å². The van der Waals surface area contributed by atoms with E-state index in [0.29, 0.717) is 6.61 Å². The van der Waals surface area contributed by atoms with Gasteiger partial charge in [0.2, 0.25) is 11.8 Å². The third kappa shape index (κ3) is 12.5. The predicted octanol–water partition coefficient (Wildman–Crippen LogP) is 6.64. The van der Waals surface area contributed by atoms with Gasteiger partial charge in [0.05, 0.1) is 13.0 Å². The minimum Gasteiger partial charge on any atom is -0.462 e. The molecular weight excluding hydrogens is 556 g/mol. The molecule has 1 aromatic carbocycles. The van der Waals surface area contributed by atoms with E-state index in [0.717, 1.165) is 44.9 Å². The van der Waals surface area contributed by atoms with Gasteiger partial charge in [0.15, 0.2) is 5.79 Å². The third-order valence-electron chi connectivity index (χ3n) is 8.94. The number of carbonyl (C=O) groups is 3. The summed E-state index contributed by atoms with van der Waals surface area (Å²) in [5.41, 5.74) is 0.735. The Hall–Kier alpha value is -2.45. The lowest BCUT2D eigenvalue weighted by atomic mass is 9.85. The molecule has 2 unspecified atom stereocenters. The van der Waals surface area contributed by atoms with E-state index in [-0.39, 0.29) is 48.8 Å². The van der Waals surface area contributed by atoms with Crippen LogP contribution < -0.4 is 10.6 Å². The van der Waals surface area contributed by atoms with Crippen LogP contribution in [0.4, 0.5) is 0 Å². The van der Waals surface area contributed by atoms with Crippen LogP contribution in [0.1, 0.15) is 124 Å². The molecule has 0 spiro atoms. The molecule has 0 aromatic heterocycles. The Balaban J connectivity index is 1.37. The molecule has 2 amide bonds. The van der Waals surface area contributed by atoms with Gasteiger partial charge < -0.3 is 24.8 Å². The molecule has 2 N–H and O–H groups in total. The molecule has 8 heteroatoms. The van der Waals surface area contributed by atoms with Crippen molar-refractivity contribution in [3.63, 3.8) is 0 Å². The van der Waals surface area contributed by atoms with Crippen LogP contribution in [-0.2, 0) is 35.0 Å². The van der Waals surface area contributed by atoms with Crippen LogP contribution in [0.25, 0.3) is 0 Å². The van der Waals surface area contributed by atoms with E-state index < -0.39 is 17.3 Å². The number of ether oxygens (including phenoxy) is 3. The van der Waals surface area contributed by atoms with Crippen molar-refractivity contribution in [1.29, 1.82) is 0 Å². The summed E-state index contributed by atoms with van der Waals surface area (Å²) in [6.07, 6.45) is 12.7. The molecule has 2 aliphatic rings. The first kappa shape index (κ1) is 36.0. The molecule has 1 saturated carbocycles. The second-order valence-corrected chi connectivity index (χ2v) is 14.0. The second kappa shape index (κ2) is 17.9. The molecule has 0 bridgehead atoms. The molecule has 1 aliphatic carbocycles. The molecule has 44 heavy (non-hydrogen) atoms. The highest BCUT2D eigenvalue weighted by atomic mass is 16.7. The van der Waals surface area contributed by atoms with Gasteiger partial charge in [0.1, 0.15) is 12.2 Å². The largest absolute Gasteiger partial charge is 0.462 e. The molecule has 1 heterocycles. The second-order valence-electron chi connectivity index (χ2n) is 14.0. The third-order valence-corrected chi connectivity index (χ3v) is 8.94. The van der Waals surface area contributed by atoms with Crippen molar-refractivity contribution >= 4 is 17.8 Å². The van der Waals surface area contributed by atoms with E-state index in [9.17, 15) is 14.4 Å². The normalized spacial score (nSPS) is 23.3. The summed E-state index contributed by atoms with van der Waals surface area (Å²) in [5, 5.41) is 6.16. The topological polar surface area (TPSA) is 103 Å². The first-order valence-electron chi connectivity index (χ1n) is 17.1. The SMILES string of the molecule is CCCCCCCCCC(Cc1ccccc1)C(=O)NC1CCC(OC(=O)CCNC(=O)C2OC(C)(C)OCC2(C)C)CC1. The first-order chi connectivity index (χ1) is 21.0. The van der Waals surface area contributed by atoms with Gasteiger partial charge in [0.25, 0.3) is 0 Å². The fraction of sp³-hybridized carbons (Fsp3) is 0.750. The van der Waals surface area contributed by atoms with E-state index in [4.69, 9.17) is 14.2 Å². The first-order valence-corrected chi connectivity index (χ1v) is 17.1. The van der Waals surface area contributed by atoms with Crippen molar-refractivity contribution < 1.29 is 28.6 Å². The lowest BCUT2D eigenvalue weighted by Gasteiger charge is -2.44. The maximum Gasteiger partial charge on any atom is 0.307 e. The number of unbranched alkanes of at least 4 members (excludes halogenated alkanes) is 6. The molecule has 1 saturated heterocycles. The minimum atomic E-state index is -0.828. The van der Waals surface area contributed by atoms with Crippen molar-refractivity contribution in [2.45, 2.75) is 149 Å². The van der Waals surface area contributed by atoms with Crippen molar-refractivity contribution in [2.24, 2.45) is 11.3 Å². The maximum atomic E-state index is 13.4. The average Bonchev–Trinajstić information content (AvgIpc) is 2.99. The Morgan fingerprint density at radius 2 is 1.59 bits per heavy atom. The van der Waals surface area contributed by atoms with Crippen LogP contribution in [-0.4, -0.2) is 55.0 Å². The molecule has 248 valence electrons. The van der Waals surface area contributed by atoms with Gasteiger partial charge in [-0.05, 0) is 57.9 Å². The number of nitrogens with one attached hydrogen (secondary N) is 2. The van der Waals surface area contributed by atoms with Crippen LogP contribution in [0.2, 0.25) is 0 Å². The molecule has 1 aromatic rings. The highest BCUT2D eigenvalue weighted by Crippen LogP contribution is 2.35. The summed E-state index contributed by atoms with van der Waals surface area (Å²) in [6.45, 7) is 10.3. The number of hydrogen-bond acceptors (Lipinski definition) is 6. The van der Waals surface area contributed by atoms with Gasteiger partial charge in [-0.25, -0.2) is 0 Å². The zero-order chi connectivity index (χ0) is 32.0. The summed E-state index contributed by atoms with van der Waals surface area (Å²) in [5.74, 6) is -1.26. The van der Waals surface area contributed by atoms with E-state index in [1.54, 1.807) is 13.8 Å². The molecular formula is C36H58N2O6. The van der Waals surface area contributed by atoms with E-state index in [1.165, 1.54) is 44.1 Å². The van der Waals surface area contributed by atoms with Crippen molar-refractivity contribution in [1.82, 2.24) is 10.6 Å². The predicted molar refractivity (Wildman–Crippen MR) is 173 cm³/mol. The van der Waals surface area contributed by atoms with Crippen LogP contribution in [0.15, 0.2) is 30.3 Å². The Morgan fingerprint density at radius 1 is 0.932 bits per heavy atom. The van der Waals surface area contributed by atoms with Crippen LogP contribution in [0, 0.1) is 11.3 Å². The van der Waals surface area contributed by atoms with E-state index in [1.807, 2.05) is 32.0 Å². The maximum absolute atomic E-state index is 13.4. The lowest BCUT2D eigenvalue weighted by molar-refractivity contribution is -0.304. The number of rotatable bonds is 17. The molecule has 8 nitrogen and oxygen atoms in total. The monoisotopic (exact) mass is 614 g/mol. The number of carbonyl (C=O) groups excluding carboxylic acids is 3. The Bertz CT molecular complexity index is 1020. The molecule has 2 fully saturated rings. The number of hydrogen-bond donors (Lipinski definition) is 2. The quantitative estimate of drug-likeness (QED) is 0.151. The number of amides is 2. The average molecular weight is 615 g/mol. The number of esters is 1. The standard InChI is InChI=1S/C36H58N2O6/c1-6-7-8-9-10-11-15-18-28(25-27-16-13-12-14-17-27)33(40)38-29-19-21-30(22-20-29)43-31(39)23-24-37-34(41)32-35(2,3)26-42-36(4,5)44-32/h12-14,16-17,28-30,32H,6-11,15,18-26H2,1-5H3,(H,37,41)(H,38,40). The fourth-order valence-corrected chi connectivity index (χ4v) is 6.16. The van der Waals surface area contributed by atoms with Crippen LogP contribution >= 0.6 is 0 Å². The minimum absolute atomic E-state index is 0.0259. The van der Waals surface area contributed by atoms with Gasteiger partial charge >= 0.3 is 5.97 Å². The summed E-state index contributed by atoms with van der Waals surface area (Å²) in [7, 11) is 0. The lowest BCUT2D eigenvalue weighted by Crippen LogP contribution is -2.56. The van der Waals surface area contributed by atoms with Gasteiger partial charge in [-0.15, -0.1) is 0 Å². The van der Waals surface area contributed by atoms with Crippen molar-refractivity contribution in [2.75, 3.05) is 13.2 Å². The molecule has 3 rings (SSSR count). The smallest absolute Gasteiger partial charge is 0.307 e. The highest BCUT2D eigenvalue weighted by molar-refractivity contribution is 5.82. The summed E-state index contributed by atoms with van der Waals surface area (Å²) >= 11 is 0. The van der Waals surface area contributed by atoms with Crippen LogP contribution in [0.3, 0.4) is 0 Å². The van der Waals surface area contributed by atoms with Gasteiger partial charge in [0, 0.05) is 23.9 Å². The highest BCUT2D eigenvalue weighted by Gasteiger charge is 2.45. The molecule has 0 radical (unpaired) electrons. The summed E-state index contributed by atoms with van der Waals surface area (Å²) < 4.78 is 17.3. The van der Waals surface area contributed by atoms with Gasteiger partial charge in [-0.3, -0.25) is 14.4 Å². The fourth-order valence-electron chi connectivity index (χ4n) is 6.16. The van der Waals surface area contributed by atoms with Gasteiger partial charge in [-0.2, -0.15) is 0 Å². The van der Waals surface area contributed by atoms with Crippen molar-refractivity contribution in [3.8, 4) is 0 Å². The van der Waals surface area contributed by atoms with E-state index >= 15 is 0 Å². The molecule has 1 aliphatic heterocycles. The van der Waals surface area contributed by atoms with Crippen LogP contribution in [0.5, 0.6) is 0 Å². The zero-order valence-electron chi connectivity index (χ0n) is 28.0. The van der Waals surface area contributed by atoms with Gasteiger partial charge in [-0.1, -0.05) is 96.0 Å². The Kier molecular flexibility index (Phi) is 14.6. The number of benzene rings is 1. The van der Waals surface area contributed by atoms with E-state index in [2.05, 4.69) is 29.7 Å². The summed E-state index contributed by atoms with van der Waals surface area (Å²) in [4.78, 5) is 38.7. The Labute approximate surface area is 265 Å². The summed E-state index contributed by atoms with van der Waals surface area (Å²) in [6, 6.07) is 10.4.